The third-order valence-electron chi connectivity index (χ3n) is 1.37. The minimum absolute atomic E-state index is 0.579. The second-order valence-corrected chi connectivity index (χ2v) is 2.56. The highest BCUT2D eigenvalue weighted by atomic mass is 32.2. The van der Waals surface area contributed by atoms with E-state index in [0.717, 1.165) is 23.4 Å². The van der Waals surface area contributed by atoms with Gasteiger partial charge in [0.05, 0.1) is 0 Å². The smallest absolute Gasteiger partial charge is 0.0452 e. The predicted octanol–water partition coefficient (Wildman–Crippen LogP) is 2.11. The largest absolute Gasteiger partial charge is 0.326 e. The maximum atomic E-state index is 5.42. The second kappa shape index (κ2) is 7.91. The molecule has 0 amide bonds. The Bertz CT molecular complexity index is 211. The normalized spacial score (nSPS) is 8.62. The summed E-state index contributed by atoms with van der Waals surface area (Å²) in [6, 6.07) is 7.83. The van der Waals surface area contributed by atoms with Gasteiger partial charge in [-0.3, -0.25) is 5.14 Å². The van der Waals surface area contributed by atoms with Gasteiger partial charge in [0.1, 0.15) is 0 Å². The van der Waals surface area contributed by atoms with E-state index in [2.05, 4.69) is 4.72 Å². The molecule has 1 aromatic rings. The van der Waals surface area contributed by atoms with E-state index in [-0.39, 0.29) is 0 Å². The summed E-state index contributed by atoms with van der Waals surface area (Å²) in [5.74, 6) is 0. The van der Waals surface area contributed by atoms with E-state index in [1.54, 1.807) is 0 Å². The van der Waals surface area contributed by atoms with E-state index in [1.165, 1.54) is 0 Å². The molecule has 1 rings (SSSR count). The van der Waals surface area contributed by atoms with Crippen LogP contribution in [0.2, 0.25) is 0 Å². The third-order valence-corrected chi connectivity index (χ3v) is 1.72. The lowest BCUT2D eigenvalue weighted by Gasteiger charge is -2.01. The first-order chi connectivity index (χ1) is 6.36. The SMILES string of the molecule is CC.NCc1ccc(NSN)cc1. The van der Waals surface area contributed by atoms with Gasteiger partial charge in [0.2, 0.25) is 0 Å². The number of nitrogens with two attached hydrogens (primary N) is 2. The van der Waals surface area contributed by atoms with Crippen molar-refractivity contribution in [1.29, 1.82) is 0 Å². The first-order valence-electron chi connectivity index (χ1n) is 4.27. The molecular weight excluding hydrogens is 182 g/mol. The monoisotopic (exact) mass is 199 g/mol. The summed E-state index contributed by atoms with van der Waals surface area (Å²) in [7, 11) is 0. The molecule has 4 heteroatoms. The molecule has 13 heavy (non-hydrogen) atoms. The van der Waals surface area contributed by atoms with E-state index >= 15 is 0 Å². The molecule has 74 valence electrons. The van der Waals surface area contributed by atoms with Gasteiger partial charge in [-0.1, -0.05) is 26.0 Å². The molecule has 5 N–H and O–H groups in total. The molecule has 0 unspecified atom stereocenters. The van der Waals surface area contributed by atoms with Crippen LogP contribution in [0.5, 0.6) is 0 Å². The Balaban J connectivity index is 0.000000671. The van der Waals surface area contributed by atoms with Gasteiger partial charge < -0.3 is 10.5 Å². The number of nitrogens with one attached hydrogen (secondary N) is 1. The molecule has 0 radical (unpaired) electrons. The quantitative estimate of drug-likeness (QED) is 0.652. The minimum Gasteiger partial charge on any atom is -0.326 e. The van der Waals surface area contributed by atoms with Crippen molar-refractivity contribution < 1.29 is 0 Å². The molecule has 0 aliphatic rings. The molecule has 1 aromatic carbocycles. The van der Waals surface area contributed by atoms with Crippen LogP contribution in [0.25, 0.3) is 0 Å². The summed E-state index contributed by atoms with van der Waals surface area (Å²) in [6.07, 6.45) is 0. The fourth-order valence-electron chi connectivity index (χ4n) is 0.777. The molecule has 0 heterocycles. The van der Waals surface area contributed by atoms with Crippen molar-refractivity contribution in [2.24, 2.45) is 10.9 Å². The van der Waals surface area contributed by atoms with Crippen LogP contribution in [0.3, 0.4) is 0 Å². The Labute approximate surface area is 84.2 Å². The van der Waals surface area contributed by atoms with Crippen molar-refractivity contribution in [2.45, 2.75) is 20.4 Å². The van der Waals surface area contributed by atoms with Gasteiger partial charge in [-0.15, -0.1) is 0 Å². The van der Waals surface area contributed by atoms with Gasteiger partial charge in [-0.05, 0) is 17.7 Å². The lowest BCUT2D eigenvalue weighted by molar-refractivity contribution is 1.07. The highest BCUT2D eigenvalue weighted by Gasteiger charge is 1.89. The molecule has 0 saturated carbocycles. The average molecular weight is 199 g/mol. The highest BCUT2D eigenvalue weighted by Crippen LogP contribution is 2.10. The van der Waals surface area contributed by atoms with Gasteiger partial charge in [0.25, 0.3) is 0 Å². The average Bonchev–Trinajstić information content (AvgIpc) is 2.23. The molecule has 0 fully saturated rings. The maximum absolute atomic E-state index is 5.42. The predicted molar refractivity (Wildman–Crippen MR) is 61.1 cm³/mol. The van der Waals surface area contributed by atoms with Crippen LogP contribution in [0.4, 0.5) is 5.69 Å². The topological polar surface area (TPSA) is 64.1 Å². The van der Waals surface area contributed by atoms with Crippen LogP contribution >= 0.6 is 12.1 Å². The van der Waals surface area contributed by atoms with Crippen molar-refractivity contribution >= 4 is 17.8 Å². The molecule has 0 saturated heterocycles. The zero-order valence-electron chi connectivity index (χ0n) is 8.08. The van der Waals surface area contributed by atoms with E-state index in [4.69, 9.17) is 10.9 Å². The summed E-state index contributed by atoms with van der Waals surface area (Å²) in [5.41, 5.74) is 7.54. The molecule has 0 spiro atoms. The highest BCUT2D eigenvalue weighted by molar-refractivity contribution is 7.98. The lowest BCUT2D eigenvalue weighted by atomic mass is 10.2. The number of hydrogen-bond donors (Lipinski definition) is 3. The lowest BCUT2D eigenvalue weighted by Crippen LogP contribution is -1.96. The van der Waals surface area contributed by atoms with Gasteiger partial charge in [0, 0.05) is 24.4 Å². The third kappa shape index (κ3) is 4.77. The maximum Gasteiger partial charge on any atom is 0.0452 e. The van der Waals surface area contributed by atoms with Crippen molar-refractivity contribution in [2.75, 3.05) is 4.72 Å². The van der Waals surface area contributed by atoms with Gasteiger partial charge in [-0.25, -0.2) is 0 Å². The summed E-state index contributed by atoms with van der Waals surface area (Å²) in [4.78, 5) is 0. The first-order valence-corrected chi connectivity index (χ1v) is 5.15. The fourth-order valence-corrected chi connectivity index (χ4v) is 1.05. The Morgan fingerprint density at radius 3 is 2.15 bits per heavy atom. The summed E-state index contributed by atoms with van der Waals surface area (Å²) in [6.45, 7) is 4.58. The molecule has 0 aliphatic carbocycles. The molecule has 3 nitrogen and oxygen atoms in total. The number of anilines is 1. The Morgan fingerprint density at radius 2 is 1.77 bits per heavy atom. The Kier molecular flexibility index (Phi) is 7.48. The van der Waals surface area contributed by atoms with Crippen LogP contribution < -0.4 is 15.6 Å². The summed E-state index contributed by atoms with van der Waals surface area (Å²) in [5, 5.41) is 5.21. The molecule has 0 aliphatic heterocycles. The van der Waals surface area contributed by atoms with Crippen LogP contribution in [0.15, 0.2) is 24.3 Å². The summed E-state index contributed by atoms with van der Waals surface area (Å²) >= 11 is 1.09. The van der Waals surface area contributed by atoms with Gasteiger partial charge in [-0.2, -0.15) is 0 Å². The van der Waals surface area contributed by atoms with E-state index < -0.39 is 0 Å². The fraction of sp³-hybridized carbons (Fsp3) is 0.333. The van der Waals surface area contributed by atoms with Crippen molar-refractivity contribution in [3.05, 3.63) is 29.8 Å². The van der Waals surface area contributed by atoms with E-state index in [0.29, 0.717) is 6.54 Å². The Hall–Kier alpha value is -0.710. The van der Waals surface area contributed by atoms with Crippen LogP contribution in [0, 0.1) is 0 Å². The zero-order chi connectivity index (χ0) is 10.1. The van der Waals surface area contributed by atoms with Gasteiger partial charge >= 0.3 is 0 Å². The molecule has 0 atom stereocenters. The number of rotatable bonds is 3. The van der Waals surface area contributed by atoms with Crippen LogP contribution in [0.1, 0.15) is 19.4 Å². The Morgan fingerprint density at radius 1 is 1.23 bits per heavy atom. The van der Waals surface area contributed by atoms with Crippen molar-refractivity contribution in [3.63, 3.8) is 0 Å². The minimum atomic E-state index is 0.579. The zero-order valence-corrected chi connectivity index (χ0v) is 8.90. The number of benzene rings is 1. The van der Waals surface area contributed by atoms with Crippen molar-refractivity contribution in [1.82, 2.24) is 0 Å². The van der Waals surface area contributed by atoms with Gasteiger partial charge in [0.15, 0.2) is 0 Å². The standard InChI is InChI=1S/C7H11N3S.C2H6/c8-5-6-1-3-7(4-2-6)10-11-9;1-2/h1-4,10H,5,8-9H2;1-2H3. The molecule has 0 bridgehead atoms. The second-order valence-electron chi connectivity index (χ2n) is 2.12. The first kappa shape index (κ1) is 12.3. The molecule has 0 aromatic heterocycles. The summed E-state index contributed by atoms with van der Waals surface area (Å²) < 4.78 is 2.91. The van der Waals surface area contributed by atoms with E-state index in [9.17, 15) is 0 Å². The van der Waals surface area contributed by atoms with Crippen LogP contribution in [-0.4, -0.2) is 0 Å². The van der Waals surface area contributed by atoms with E-state index in [1.807, 2.05) is 38.1 Å². The molecular formula is C9H17N3S. The van der Waals surface area contributed by atoms with Crippen molar-refractivity contribution in [3.8, 4) is 0 Å². The van der Waals surface area contributed by atoms with Crippen LogP contribution in [-0.2, 0) is 6.54 Å². The number of hydrogen-bond acceptors (Lipinski definition) is 4.